The average Bonchev–Trinajstić information content (AvgIpc) is 3.08. The van der Waals surface area contributed by atoms with Crippen LogP contribution in [0.25, 0.3) is 17.0 Å². The molecule has 1 aromatic heterocycles. The van der Waals surface area contributed by atoms with Crippen LogP contribution < -0.4 is 20.7 Å². The van der Waals surface area contributed by atoms with Gasteiger partial charge in [-0.25, -0.2) is 9.69 Å². The number of nitrogens with one attached hydrogen (secondary N) is 1. The number of methoxy groups -OCH3 is 1. The minimum Gasteiger partial charge on any atom is -0.497 e. The number of amides is 5. The summed E-state index contributed by atoms with van der Waals surface area (Å²) in [4.78, 5) is 50.2. The maximum atomic E-state index is 13.1. The predicted octanol–water partition coefficient (Wildman–Crippen LogP) is 1.80. The van der Waals surface area contributed by atoms with Crippen molar-refractivity contribution in [2.75, 3.05) is 12.0 Å². The molecule has 0 spiro atoms. The molecule has 1 saturated heterocycles. The lowest BCUT2D eigenvalue weighted by molar-refractivity contribution is -0.122. The fraction of sp³-hybridized carbons (Fsp3) is 0.0909. The van der Waals surface area contributed by atoms with E-state index in [4.69, 9.17) is 10.5 Å². The standard InChI is InChI=1S/C22H18N4O5/c1-31-15-8-6-14(7-9-15)26-21(29)17(20(28)24-22(26)30)10-13-11-25(12-19(23)27)18-5-3-2-4-16(13)18/h2-11H,12H2,1H3,(H2,23,27)(H,24,28,30). The maximum Gasteiger partial charge on any atom is 0.335 e. The largest absolute Gasteiger partial charge is 0.497 e. The molecule has 0 atom stereocenters. The molecule has 4 rings (SSSR count). The third kappa shape index (κ3) is 3.64. The third-order valence-electron chi connectivity index (χ3n) is 4.88. The van der Waals surface area contributed by atoms with Crippen molar-refractivity contribution in [2.45, 2.75) is 6.54 Å². The number of ether oxygens (including phenoxy) is 1. The van der Waals surface area contributed by atoms with Crippen LogP contribution in [0.2, 0.25) is 0 Å². The van der Waals surface area contributed by atoms with Crippen molar-refractivity contribution in [3.05, 3.63) is 65.9 Å². The van der Waals surface area contributed by atoms with Crippen LogP contribution in [0.15, 0.2) is 60.3 Å². The molecule has 156 valence electrons. The van der Waals surface area contributed by atoms with Crippen molar-refractivity contribution < 1.29 is 23.9 Å². The molecule has 1 fully saturated rings. The number of primary amides is 1. The SMILES string of the molecule is COc1ccc(N2C(=O)NC(=O)C(=Cc3cn(CC(N)=O)c4ccccc34)C2=O)cc1. The van der Waals surface area contributed by atoms with Crippen LogP contribution in [0, 0.1) is 0 Å². The quantitative estimate of drug-likeness (QED) is 0.483. The lowest BCUT2D eigenvalue weighted by Crippen LogP contribution is -2.54. The zero-order valence-electron chi connectivity index (χ0n) is 16.5. The van der Waals surface area contributed by atoms with Gasteiger partial charge < -0.3 is 15.0 Å². The number of carbonyl (C=O) groups excluding carboxylic acids is 4. The number of rotatable bonds is 5. The first kappa shape index (κ1) is 19.9. The fourth-order valence-electron chi connectivity index (χ4n) is 3.47. The van der Waals surface area contributed by atoms with Crippen LogP contribution in [0.4, 0.5) is 10.5 Å². The smallest absolute Gasteiger partial charge is 0.335 e. The van der Waals surface area contributed by atoms with Gasteiger partial charge >= 0.3 is 6.03 Å². The number of carbonyl (C=O) groups is 4. The summed E-state index contributed by atoms with van der Waals surface area (Å²) in [5.74, 6) is -1.53. The molecule has 0 bridgehead atoms. The van der Waals surface area contributed by atoms with Gasteiger partial charge in [-0.3, -0.25) is 19.7 Å². The summed E-state index contributed by atoms with van der Waals surface area (Å²) in [6, 6.07) is 12.7. The number of imide groups is 2. The lowest BCUT2D eigenvalue weighted by atomic mass is 10.1. The highest BCUT2D eigenvalue weighted by molar-refractivity contribution is 6.39. The highest BCUT2D eigenvalue weighted by Crippen LogP contribution is 2.27. The van der Waals surface area contributed by atoms with E-state index in [1.165, 1.54) is 13.2 Å². The van der Waals surface area contributed by atoms with Crippen molar-refractivity contribution in [2.24, 2.45) is 5.73 Å². The van der Waals surface area contributed by atoms with Gasteiger partial charge in [-0.2, -0.15) is 0 Å². The normalized spacial score (nSPS) is 15.5. The maximum absolute atomic E-state index is 13.1. The van der Waals surface area contributed by atoms with Crippen LogP contribution in [0.1, 0.15) is 5.56 Å². The molecular weight excluding hydrogens is 400 g/mol. The molecule has 31 heavy (non-hydrogen) atoms. The van der Waals surface area contributed by atoms with Gasteiger partial charge in [0.2, 0.25) is 5.91 Å². The Morgan fingerprint density at radius 1 is 1.10 bits per heavy atom. The van der Waals surface area contributed by atoms with Crippen molar-refractivity contribution in [1.29, 1.82) is 0 Å². The Hall–Kier alpha value is -4.40. The van der Waals surface area contributed by atoms with E-state index < -0.39 is 23.8 Å². The summed E-state index contributed by atoms with van der Waals surface area (Å²) in [6.07, 6.45) is 3.04. The lowest BCUT2D eigenvalue weighted by Gasteiger charge is -2.26. The molecule has 1 aliphatic heterocycles. The second-order valence-electron chi connectivity index (χ2n) is 6.85. The number of hydrogen-bond acceptors (Lipinski definition) is 5. The van der Waals surface area contributed by atoms with Crippen LogP contribution >= 0.6 is 0 Å². The van der Waals surface area contributed by atoms with Crippen molar-refractivity contribution >= 4 is 46.4 Å². The summed E-state index contributed by atoms with van der Waals surface area (Å²) in [5.41, 5.74) is 6.67. The van der Waals surface area contributed by atoms with E-state index in [1.807, 2.05) is 0 Å². The number of nitrogens with two attached hydrogens (primary N) is 1. The number of para-hydroxylation sites is 1. The number of aromatic nitrogens is 1. The second kappa shape index (κ2) is 7.79. The molecule has 3 aromatic rings. The number of urea groups is 1. The van der Waals surface area contributed by atoms with E-state index in [0.717, 1.165) is 15.8 Å². The fourth-order valence-corrected chi connectivity index (χ4v) is 3.47. The van der Waals surface area contributed by atoms with E-state index in [9.17, 15) is 19.2 Å². The first-order valence-corrected chi connectivity index (χ1v) is 9.30. The minimum atomic E-state index is -0.839. The van der Waals surface area contributed by atoms with Gasteiger partial charge in [0.1, 0.15) is 17.9 Å². The monoisotopic (exact) mass is 418 g/mol. The van der Waals surface area contributed by atoms with E-state index >= 15 is 0 Å². The van der Waals surface area contributed by atoms with Gasteiger partial charge in [0.15, 0.2) is 0 Å². The Morgan fingerprint density at radius 3 is 2.48 bits per heavy atom. The molecule has 3 N–H and O–H groups in total. The van der Waals surface area contributed by atoms with Gasteiger partial charge in [0.05, 0.1) is 12.8 Å². The Morgan fingerprint density at radius 2 is 1.81 bits per heavy atom. The van der Waals surface area contributed by atoms with E-state index in [-0.39, 0.29) is 17.8 Å². The van der Waals surface area contributed by atoms with Gasteiger partial charge in [-0.15, -0.1) is 0 Å². The minimum absolute atomic E-state index is 0.0553. The number of barbiturate groups is 1. The Balaban J connectivity index is 1.78. The number of benzene rings is 2. The van der Waals surface area contributed by atoms with Crippen LogP contribution in [0.3, 0.4) is 0 Å². The summed E-state index contributed by atoms with van der Waals surface area (Å²) in [5, 5.41) is 2.92. The molecule has 0 saturated carbocycles. The molecule has 9 heteroatoms. The highest BCUT2D eigenvalue weighted by atomic mass is 16.5. The summed E-state index contributed by atoms with van der Waals surface area (Å²) < 4.78 is 6.73. The number of nitrogens with zero attached hydrogens (tertiary/aromatic N) is 2. The Labute approximate surface area is 176 Å². The van der Waals surface area contributed by atoms with Gasteiger partial charge in [-0.1, -0.05) is 18.2 Å². The second-order valence-corrected chi connectivity index (χ2v) is 6.85. The first-order chi connectivity index (χ1) is 14.9. The van der Waals surface area contributed by atoms with E-state index in [1.54, 1.807) is 59.3 Å². The van der Waals surface area contributed by atoms with Crippen LogP contribution in [-0.2, 0) is 20.9 Å². The molecule has 2 aromatic carbocycles. The zero-order valence-corrected chi connectivity index (χ0v) is 16.5. The molecule has 2 heterocycles. The molecule has 9 nitrogen and oxygen atoms in total. The number of hydrogen-bond donors (Lipinski definition) is 2. The highest BCUT2D eigenvalue weighted by Gasteiger charge is 2.37. The zero-order chi connectivity index (χ0) is 22.1. The summed E-state index contributed by atoms with van der Waals surface area (Å²) in [6.45, 7) is -0.0553. The van der Waals surface area contributed by atoms with Gasteiger partial charge in [-0.05, 0) is 36.4 Å². The van der Waals surface area contributed by atoms with Crippen LogP contribution in [-0.4, -0.2) is 35.4 Å². The average molecular weight is 418 g/mol. The summed E-state index contributed by atoms with van der Waals surface area (Å²) in [7, 11) is 1.50. The van der Waals surface area contributed by atoms with Crippen molar-refractivity contribution in [1.82, 2.24) is 9.88 Å². The Kier molecular flexibility index (Phi) is 5.00. The van der Waals surface area contributed by atoms with E-state index in [0.29, 0.717) is 11.3 Å². The third-order valence-corrected chi connectivity index (χ3v) is 4.88. The molecule has 0 unspecified atom stereocenters. The first-order valence-electron chi connectivity index (χ1n) is 9.30. The topological polar surface area (TPSA) is 124 Å². The number of anilines is 1. The van der Waals surface area contributed by atoms with Crippen molar-refractivity contribution in [3.63, 3.8) is 0 Å². The van der Waals surface area contributed by atoms with E-state index in [2.05, 4.69) is 5.32 Å². The van der Waals surface area contributed by atoms with Crippen molar-refractivity contribution in [3.8, 4) is 5.75 Å². The van der Waals surface area contributed by atoms with Crippen LogP contribution in [0.5, 0.6) is 5.75 Å². The molecule has 5 amide bonds. The summed E-state index contributed by atoms with van der Waals surface area (Å²) >= 11 is 0. The molecular formula is C22H18N4O5. The van der Waals surface area contributed by atoms with Gasteiger partial charge in [0.25, 0.3) is 11.8 Å². The number of fused-ring (bicyclic) bond motifs is 1. The molecule has 0 aliphatic carbocycles. The van der Waals surface area contributed by atoms with Gasteiger partial charge in [0, 0.05) is 22.7 Å². The molecule has 1 aliphatic rings. The predicted molar refractivity (Wildman–Crippen MR) is 113 cm³/mol. The Bertz CT molecular complexity index is 1260. The molecule has 0 radical (unpaired) electrons.